The molecule has 0 aliphatic carbocycles. The Hall–Kier alpha value is -2.86. The number of carboxylic acid groups (broad SMARTS) is 1. The van der Waals surface area contributed by atoms with Gasteiger partial charge in [0, 0.05) is 0 Å². The number of anilines is 1. The quantitative estimate of drug-likeness (QED) is 0.802. The topological polar surface area (TPSA) is 78.9 Å². The van der Waals surface area contributed by atoms with Crippen LogP contribution in [0.3, 0.4) is 0 Å². The molecule has 28 heavy (non-hydrogen) atoms. The van der Waals surface area contributed by atoms with Crippen LogP contribution in [0.1, 0.15) is 37.8 Å². The van der Waals surface area contributed by atoms with E-state index in [1.165, 1.54) is 12.5 Å². The van der Waals surface area contributed by atoms with Gasteiger partial charge in [0.2, 0.25) is 5.91 Å². The fraction of sp³-hybridized carbons (Fsp3) is 0.364. The number of ether oxygens (including phenoxy) is 1. The Labute approximate surface area is 165 Å². The van der Waals surface area contributed by atoms with Crippen LogP contribution in [-0.4, -0.2) is 35.7 Å². The summed E-state index contributed by atoms with van der Waals surface area (Å²) in [6.07, 6.45) is 0. The maximum Gasteiger partial charge on any atom is 0.320 e. The molecular formula is C22H26N2O4. The lowest BCUT2D eigenvalue weighted by atomic mass is 10.0. The number of fused-ring (bicyclic) bond motifs is 1. The van der Waals surface area contributed by atoms with Gasteiger partial charge in [0.05, 0.1) is 12.2 Å². The highest BCUT2D eigenvalue weighted by molar-refractivity contribution is 5.99. The van der Waals surface area contributed by atoms with E-state index in [9.17, 15) is 14.7 Å². The molecule has 0 bridgehead atoms. The number of nitrogens with zero attached hydrogens (tertiary/aromatic N) is 1. The second-order valence-corrected chi connectivity index (χ2v) is 7.38. The number of carbonyl (C=O) groups excluding carboxylic acids is 1. The van der Waals surface area contributed by atoms with Gasteiger partial charge in [-0.2, -0.15) is 0 Å². The summed E-state index contributed by atoms with van der Waals surface area (Å²) in [5.74, 6) is -0.160. The summed E-state index contributed by atoms with van der Waals surface area (Å²) in [7, 11) is 0. The SMILES string of the molecule is CC(C)c1ccc(CN2C(=O)[C@H](N[C@@H](C)C(=O)O)COc3ccccc32)cc1. The third-order valence-corrected chi connectivity index (χ3v) is 4.93. The molecule has 3 rings (SSSR count). The van der Waals surface area contributed by atoms with E-state index in [-0.39, 0.29) is 12.5 Å². The Kier molecular flexibility index (Phi) is 5.99. The molecule has 0 unspecified atom stereocenters. The maximum atomic E-state index is 13.2. The Bertz CT molecular complexity index is 848. The summed E-state index contributed by atoms with van der Waals surface area (Å²) < 4.78 is 5.81. The van der Waals surface area contributed by atoms with Crippen molar-refractivity contribution in [2.75, 3.05) is 11.5 Å². The summed E-state index contributed by atoms with van der Waals surface area (Å²) in [4.78, 5) is 26.1. The summed E-state index contributed by atoms with van der Waals surface area (Å²) in [5.41, 5.74) is 2.93. The Morgan fingerprint density at radius 2 is 1.86 bits per heavy atom. The average molecular weight is 382 g/mol. The van der Waals surface area contributed by atoms with Crippen molar-refractivity contribution < 1.29 is 19.4 Å². The van der Waals surface area contributed by atoms with Gasteiger partial charge in [0.1, 0.15) is 24.4 Å². The van der Waals surface area contributed by atoms with Crippen LogP contribution in [0.4, 0.5) is 5.69 Å². The summed E-state index contributed by atoms with van der Waals surface area (Å²) in [5, 5.41) is 12.1. The predicted molar refractivity (Wildman–Crippen MR) is 108 cm³/mol. The summed E-state index contributed by atoms with van der Waals surface area (Å²) >= 11 is 0. The van der Waals surface area contributed by atoms with Gasteiger partial charge in [-0.1, -0.05) is 50.2 Å². The number of aliphatic carboxylic acids is 1. The van der Waals surface area contributed by atoms with Gasteiger partial charge in [-0.05, 0) is 36.1 Å². The van der Waals surface area contributed by atoms with Crippen LogP contribution in [0.15, 0.2) is 48.5 Å². The lowest BCUT2D eigenvalue weighted by Crippen LogP contribution is -2.52. The Morgan fingerprint density at radius 1 is 1.18 bits per heavy atom. The maximum absolute atomic E-state index is 13.2. The van der Waals surface area contributed by atoms with Crippen molar-refractivity contribution in [2.45, 2.75) is 45.3 Å². The molecule has 0 aromatic heterocycles. The van der Waals surface area contributed by atoms with E-state index >= 15 is 0 Å². The van der Waals surface area contributed by atoms with Crippen LogP contribution in [0.2, 0.25) is 0 Å². The van der Waals surface area contributed by atoms with Gasteiger partial charge in [-0.3, -0.25) is 14.9 Å². The van der Waals surface area contributed by atoms with Crippen LogP contribution in [0.5, 0.6) is 5.75 Å². The third-order valence-electron chi connectivity index (χ3n) is 4.93. The summed E-state index contributed by atoms with van der Waals surface area (Å²) in [6, 6.07) is 14.0. The van der Waals surface area contributed by atoms with Crippen molar-refractivity contribution in [1.82, 2.24) is 5.32 Å². The second kappa shape index (κ2) is 8.44. The van der Waals surface area contributed by atoms with Crippen LogP contribution in [-0.2, 0) is 16.1 Å². The predicted octanol–water partition coefficient (Wildman–Crippen LogP) is 3.17. The number of carboxylic acids is 1. The van der Waals surface area contributed by atoms with E-state index in [0.29, 0.717) is 23.9 Å². The van der Waals surface area contributed by atoms with Gasteiger partial charge in [0.15, 0.2) is 0 Å². The van der Waals surface area contributed by atoms with Gasteiger partial charge < -0.3 is 14.7 Å². The minimum atomic E-state index is -1.01. The second-order valence-electron chi connectivity index (χ2n) is 7.38. The number of para-hydroxylation sites is 2. The zero-order valence-corrected chi connectivity index (χ0v) is 16.4. The van der Waals surface area contributed by atoms with Crippen molar-refractivity contribution >= 4 is 17.6 Å². The number of carbonyl (C=O) groups is 2. The highest BCUT2D eigenvalue weighted by Crippen LogP contribution is 2.32. The molecule has 0 fully saturated rings. The minimum Gasteiger partial charge on any atom is -0.489 e. The van der Waals surface area contributed by atoms with E-state index in [4.69, 9.17) is 4.74 Å². The van der Waals surface area contributed by atoms with Crippen LogP contribution in [0.25, 0.3) is 0 Å². The summed E-state index contributed by atoms with van der Waals surface area (Å²) in [6.45, 7) is 6.26. The molecule has 1 amide bonds. The van der Waals surface area contributed by atoms with Crippen molar-refractivity contribution in [1.29, 1.82) is 0 Å². The van der Waals surface area contributed by atoms with E-state index in [1.54, 1.807) is 4.90 Å². The number of nitrogens with one attached hydrogen (secondary N) is 1. The zero-order chi connectivity index (χ0) is 20.3. The van der Waals surface area contributed by atoms with Crippen LogP contribution < -0.4 is 15.0 Å². The van der Waals surface area contributed by atoms with Crippen molar-refractivity contribution in [2.24, 2.45) is 0 Å². The molecule has 2 aromatic carbocycles. The standard InChI is InChI=1S/C22H26N2O4/c1-14(2)17-10-8-16(9-11-17)12-24-19-6-4-5-7-20(19)28-13-18(21(24)25)23-15(3)22(26)27/h4-11,14-15,18,23H,12-13H2,1-3H3,(H,26,27)/t15-,18+/m0/s1. The first-order chi connectivity index (χ1) is 13.4. The molecule has 148 valence electrons. The van der Waals surface area contributed by atoms with E-state index in [2.05, 4.69) is 31.3 Å². The molecule has 6 heteroatoms. The minimum absolute atomic E-state index is 0.0796. The number of hydrogen-bond donors (Lipinski definition) is 2. The molecule has 1 aliphatic heterocycles. The number of hydrogen-bond acceptors (Lipinski definition) is 4. The van der Waals surface area contributed by atoms with Crippen molar-refractivity contribution in [3.05, 3.63) is 59.7 Å². The third kappa shape index (κ3) is 4.34. The average Bonchev–Trinajstić information content (AvgIpc) is 2.80. The Morgan fingerprint density at radius 3 is 2.50 bits per heavy atom. The van der Waals surface area contributed by atoms with E-state index in [0.717, 1.165) is 5.56 Å². The lowest BCUT2D eigenvalue weighted by molar-refractivity contribution is -0.139. The molecule has 2 aromatic rings. The molecule has 0 spiro atoms. The lowest BCUT2D eigenvalue weighted by Gasteiger charge is -2.26. The molecule has 0 radical (unpaired) electrons. The van der Waals surface area contributed by atoms with E-state index < -0.39 is 18.1 Å². The molecule has 2 N–H and O–H groups in total. The number of amides is 1. The van der Waals surface area contributed by atoms with E-state index in [1.807, 2.05) is 36.4 Å². The highest BCUT2D eigenvalue weighted by atomic mass is 16.5. The first kappa shape index (κ1) is 19.9. The van der Waals surface area contributed by atoms with Crippen molar-refractivity contribution in [3.63, 3.8) is 0 Å². The smallest absolute Gasteiger partial charge is 0.320 e. The van der Waals surface area contributed by atoms with Crippen LogP contribution in [0, 0.1) is 0 Å². The highest BCUT2D eigenvalue weighted by Gasteiger charge is 2.33. The van der Waals surface area contributed by atoms with Crippen molar-refractivity contribution in [3.8, 4) is 5.75 Å². The Balaban J connectivity index is 1.89. The fourth-order valence-corrected chi connectivity index (χ4v) is 3.20. The molecular weight excluding hydrogens is 356 g/mol. The van der Waals surface area contributed by atoms with Gasteiger partial charge in [-0.25, -0.2) is 0 Å². The largest absolute Gasteiger partial charge is 0.489 e. The number of benzene rings is 2. The van der Waals surface area contributed by atoms with Gasteiger partial charge in [-0.15, -0.1) is 0 Å². The molecule has 6 nitrogen and oxygen atoms in total. The first-order valence-electron chi connectivity index (χ1n) is 9.47. The molecule has 1 aliphatic rings. The molecule has 1 heterocycles. The zero-order valence-electron chi connectivity index (χ0n) is 16.4. The van der Waals surface area contributed by atoms with Gasteiger partial charge >= 0.3 is 5.97 Å². The van der Waals surface area contributed by atoms with Gasteiger partial charge in [0.25, 0.3) is 0 Å². The first-order valence-corrected chi connectivity index (χ1v) is 9.47. The fourth-order valence-electron chi connectivity index (χ4n) is 3.20. The van der Waals surface area contributed by atoms with Crippen LogP contribution >= 0.6 is 0 Å². The normalized spacial score (nSPS) is 17.6. The molecule has 2 atom stereocenters. The monoisotopic (exact) mass is 382 g/mol. The molecule has 0 saturated heterocycles. The molecule has 0 saturated carbocycles. The number of rotatable bonds is 6.